The van der Waals surface area contributed by atoms with Gasteiger partial charge in [-0.05, 0) is 23.3 Å². The standard InChI is InChI=1S/C16H17ClN2O/c1-19(11-13-7-2-4-8-14(13)17)16(20)10-12-6-3-5-9-15(12)18/h2-9H,10-11,18H2,1H3. The number of hydrogen-bond acceptors (Lipinski definition) is 2. The summed E-state index contributed by atoms with van der Waals surface area (Å²) in [6.45, 7) is 0.491. The lowest BCUT2D eigenvalue weighted by atomic mass is 10.1. The van der Waals surface area contributed by atoms with Crippen LogP contribution in [0.4, 0.5) is 5.69 Å². The molecule has 2 aromatic rings. The molecule has 0 atom stereocenters. The van der Waals surface area contributed by atoms with Gasteiger partial charge in [-0.3, -0.25) is 4.79 Å². The summed E-state index contributed by atoms with van der Waals surface area (Å²) in [7, 11) is 1.77. The van der Waals surface area contributed by atoms with Gasteiger partial charge in [-0.1, -0.05) is 48.0 Å². The highest BCUT2D eigenvalue weighted by atomic mass is 35.5. The van der Waals surface area contributed by atoms with Crippen molar-refractivity contribution >= 4 is 23.2 Å². The topological polar surface area (TPSA) is 46.3 Å². The third-order valence-corrected chi connectivity index (χ3v) is 3.56. The van der Waals surface area contributed by atoms with Crippen molar-refractivity contribution in [1.82, 2.24) is 4.90 Å². The summed E-state index contributed by atoms with van der Waals surface area (Å²) in [5.41, 5.74) is 8.29. The molecular weight excluding hydrogens is 272 g/mol. The fraction of sp³-hybridized carbons (Fsp3) is 0.188. The third kappa shape index (κ3) is 3.52. The Morgan fingerprint density at radius 2 is 1.70 bits per heavy atom. The molecule has 0 heterocycles. The second-order valence-electron chi connectivity index (χ2n) is 4.72. The number of hydrogen-bond donors (Lipinski definition) is 1. The van der Waals surface area contributed by atoms with Crippen molar-refractivity contribution < 1.29 is 4.79 Å². The van der Waals surface area contributed by atoms with Gasteiger partial charge < -0.3 is 10.6 Å². The Kier molecular flexibility index (Phi) is 4.64. The molecule has 0 radical (unpaired) electrons. The monoisotopic (exact) mass is 288 g/mol. The van der Waals surface area contributed by atoms with Crippen molar-refractivity contribution in [2.75, 3.05) is 12.8 Å². The molecule has 0 aliphatic carbocycles. The zero-order valence-electron chi connectivity index (χ0n) is 11.3. The Balaban J connectivity index is 2.03. The molecule has 0 saturated carbocycles. The van der Waals surface area contributed by atoms with E-state index in [-0.39, 0.29) is 5.91 Å². The maximum atomic E-state index is 12.2. The molecule has 0 spiro atoms. The largest absolute Gasteiger partial charge is 0.398 e. The Morgan fingerprint density at radius 3 is 2.35 bits per heavy atom. The number of rotatable bonds is 4. The van der Waals surface area contributed by atoms with E-state index >= 15 is 0 Å². The molecule has 20 heavy (non-hydrogen) atoms. The minimum atomic E-state index is 0.0165. The summed E-state index contributed by atoms with van der Waals surface area (Å²) >= 11 is 6.10. The molecule has 0 aliphatic heterocycles. The predicted octanol–water partition coefficient (Wildman–Crippen LogP) is 3.12. The number of nitrogens with zero attached hydrogens (tertiary/aromatic N) is 1. The maximum Gasteiger partial charge on any atom is 0.227 e. The van der Waals surface area contributed by atoms with Crippen LogP contribution in [0.1, 0.15) is 11.1 Å². The van der Waals surface area contributed by atoms with Gasteiger partial charge in [-0.25, -0.2) is 0 Å². The molecule has 0 bridgehead atoms. The number of nitrogens with two attached hydrogens (primary N) is 1. The molecule has 0 fully saturated rings. The molecule has 0 aliphatic rings. The smallest absolute Gasteiger partial charge is 0.227 e. The zero-order valence-corrected chi connectivity index (χ0v) is 12.1. The Bertz CT molecular complexity index is 613. The Hall–Kier alpha value is -2.00. The van der Waals surface area contributed by atoms with Gasteiger partial charge in [-0.2, -0.15) is 0 Å². The van der Waals surface area contributed by atoms with E-state index in [1.807, 2.05) is 42.5 Å². The number of carbonyl (C=O) groups excluding carboxylic acids is 1. The van der Waals surface area contributed by atoms with E-state index in [4.69, 9.17) is 17.3 Å². The summed E-state index contributed by atoms with van der Waals surface area (Å²) in [4.78, 5) is 13.9. The molecule has 0 unspecified atom stereocenters. The SMILES string of the molecule is CN(Cc1ccccc1Cl)C(=O)Cc1ccccc1N. The number of amides is 1. The minimum absolute atomic E-state index is 0.0165. The van der Waals surface area contributed by atoms with Crippen LogP contribution in [-0.4, -0.2) is 17.9 Å². The van der Waals surface area contributed by atoms with Gasteiger partial charge in [-0.15, -0.1) is 0 Å². The van der Waals surface area contributed by atoms with Crippen molar-refractivity contribution in [2.45, 2.75) is 13.0 Å². The maximum absolute atomic E-state index is 12.2. The predicted molar refractivity (Wildman–Crippen MR) is 82.5 cm³/mol. The molecule has 0 aromatic heterocycles. The quantitative estimate of drug-likeness (QED) is 0.879. The van der Waals surface area contributed by atoms with Gasteiger partial charge in [0.25, 0.3) is 0 Å². The van der Waals surface area contributed by atoms with Crippen LogP contribution in [0.25, 0.3) is 0 Å². The zero-order chi connectivity index (χ0) is 14.5. The van der Waals surface area contributed by atoms with Crippen molar-refractivity contribution in [3.63, 3.8) is 0 Å². The average molecular weight is 289 g/mol. The summed E-state index contributed by atoms with van der Waals surface area (Å²) in [5, 5.41) is 0.673. The number of para-hydroxylation sites is 1. The second kappa shape index (κ2) is 6.44. The van der Waals surface area contributed by atoms with Crippen molar-refractivity contribution in [2.24, 2.45) is 0 Å². The average Bonchev–Trinajstić information content (AvgIpc) is 2.43. The van der Waals surface area contributed by atoms with Crippen molar-refractivity contribution in [1.29, 1.82) is 0 Å². The normalized spacial score (nSPS) is 10.3. The Morgan fingerprint density at radius 1 is 1.10 bits per heavy atom. The second-order valence-corrected chi connectivity index (χ2v) is 5.12. The lowest BCUT2D eigenvalue weighted by Gasteiger charge is -2.18. The van der Waals surface area contributed by atoms with Crippen LogP contribution >= 0.6 is 11.6 Å². The van der Waals surface area contributed by atoms with Crippen LogP contribution in [0, 0.1) is 0 Å². The van der Waals surface area contributed by atoms with Crippen LogP contribution < -0.4 is 5.73 Å². The minimum Gasteiger partial charge on any atom is -0.398 e. The molecule has 0 saturated heterocycles. The molecular formula is C16H17ClN2O. The van der Waals surface area contributed by atoms with Gasteiger partial charge >= 0.3 is 0 Å². The van der Waals surface area contributed by atoms with Gasteiger partial charge in [0, 0.05) is 24.3 Å². The Labute approximate surface area is 124 Å². The molecule has 2 aromatic carbocycles. The van der Waals surface area contributed by atoms with E-state index in [1.165, 1.54) is 0 Å². The van der Waals surface area contributed by atoms with E-state index in [1.54, 1.807) is 18.0 Å². The third-order valence-electron chi connectivity index (χ3n) is 3.19. The first-order chi connectivity index (χ1) is 9.58. The van der Waals surface area contributed by atoms with E-state index in [9.17, 15) is 4.79 Å². The number of likely N-dealkylation sites (N-methyl/N-ethyl adjacent to an activating group) is 1. The highest BCUT2D eigenvalue weighted by molar-refractivity contribution is 6.31. The molecule has 1 amide bonds. The lowest BCUT2D eigenvalue weighted by Crippen LogP contribution is -2.28. The summed E-state index contributed by atoms with van der Waals surface area (Å²) in [5.74, 6) is 0.0165. The summed E-state index contributed by atoms with van der Waals surface area (Å²) in [6, 6.07) is 14.9. The van der Waals surface area contributed by atoms with E-state index < -0.39 is 0 Å². The van der Waals surface area contributed by atoms with Crippen LogP contribution in [-0.2, 0) is 17.8 Å². The van der Waals surface area contributed by atoms with Gasteiger partial charge in [0.15, 0.2) is 0 Å². The van der Waals surface area contributed by atoms with Gasteiger partial charge in [0.1, 0.15) is 0 Å². The van der Waals surface area contributed by atoms with Crippen molar-refractivity contribution in [3.8, 4) is 0 Å². The molecule has 104 valence electrons. The first-order valence-corrected chi connectivity index (χ1v) is 6.76. The lowest BCUT2D eigenvalue weighted by molar-refractivity contribution is -0.129. The fourth-order valence-electron chi connectivity index (χ4n) is 1.96. The van der Waals surface area contributed by atoms with Crippen LogP contribution in [0.15, 0.2) is 48.5 Å². The highest BCUT2D eigenvalue weighted by Crippen LogP contribution is 2.17. The first kappa shape index (κ1) is 14.4. The van der Waals surface area contributed by atoms with E-state index in [2.05, 4.69) is 0 Å². The van der Waals surface area contributed by atoms with Crippen LogP contribution in [0.3, 0.4) is 0 Å². The van der Waals surface area contributed by atoms with Gasteiger partial charge in [0.2, 0.25) is 5.91 Å². The number of benzene rings is 2. The summed E-state index contributed by atoms with van der Waals surface area (Å²) in [6.07, 6.45) is 0.299. The van der Waals surface area contributed by atoms with Crippen LogP contribution in [0.2, 0.25) is 5.02 Å². The van der Waals surface area contributed by atoms with Gasteiger partial charge in [0.05, 0.1) is 6.42 Å². The number of anilines is 1. The highest BCUT2D eigenvalue weighted by Gasteiger charge is 2.12. The van der Waals surface area contributed by atoms with Crippen molar-refractivity contribution in [3.05, 3.63) is 64.7 Å². The molecule has 2 N–H and O–H groups in total. The first-order valence-electron chi connectivity index (χ1n) is 6.38. The number of carbonyl (C=O) groups is 1. The molecule has 4 heteroatoms. The molecule has 3 nitrogen and oxygen atoms in total. The fourth-order valence-corrected chi connectivity index (χ4v) is 2.16. The number of halogens is 1. The molecule has 2 rings (SSSR count). The number of nitrogen functional groups attached to an aromatic ring is 1. The van der Waals surface area contributed by atoms with Crippen LogP contribution in [0.5, 0.6) is 0 Å². The van der Waals surface area contributed by atoms with E-state index in [0.29, 0.717) is 23.7 Å². The van der Waals surface area contributed by atoms with E-state index in [0.717, 1.165) is 11.1 Å². The summed E-state index contributed by atoms with van der Waals surface area (Å²) < 4.78 is 0.